The zero-order valence-electron chi connectivity index (χ0n) is 16.7. The summed E-state index contributed by atoms with van der Waals surface area (Å²) in [6.07, 6.45) is -4.33. The molecule has 0 aliphatic heterocycles. The zero-order chi connectivity index (χ0) is 22.1. The molecule has 0 bridgehead atoms. The summed E-state index contributed by atoms with van der Waals surface area (Å²) in [6, 6.07) is 18.2. The minimum atomic E-state index is -4.33. The molecule has 0 spiro atoms. The number of nitrogens with zero attached hydrogens (tertiary/aromatic N) is 1. The molecule has 0 saturated heterocycles. The number of urea groups is 1. The van der Waals surface area contributed by atoms with E-state index < -0.39 is 12.8 Å². The summed E-state index contributed by atoms with van der Waals surface area (Å²) in [4.78, 5) is 16.4. The van der Waals surface area contributed by atoms with Crippen LogP contribution in [0.5, 0.6) is 0 Å². The molecule has 2 amide bonds. The van der Waals surface area contributed by atoms with Crippen molar-refractivity contribution in [2.75, 3.05) is 25.0 Å². The first kappa shape index (κ1) is 22.4. The van der Waals surface area contributed by atoms with E-state index in [-0.39, 0.29) is 12.6 Å². The molecule has 1 aromatic heterocycles. The smallest absolute Gasteiger partial charge is 0.368 e. The summed E-state index contributed by atoms with van der Waals surface area (Å²) in [5.41, 5.74) is 2.36. The van der Waals surface area contributed by atoms with E-state index in [2.05, 4.69) is 25.7 Å². The highest BCUT2D eigenvalue weighted by Crippen LogP contribution is 2.16. The van der Waals surface area contributed by atoms with Crippen molar-refractivity contribution in [2.24, 2.45) is 0 Å². The van der Waals surface area contributed by atoms with E-state index in [9.17, 15) is 18.0 Å². The lowest BCUT2D eigenvalue weighted by Crippen LogP contribution is -2.37. The number of fused-ring (bicyclic) bond motifs is 1. The molecule has 0 aliphatic carbocycles. The summed E-state index contributed by atoms with van der Waals surface area (Å²) in [5.74, 6) is 0.736. The third kappa shape index (κ3) is 7.78. The number of anilines is 1. The lowest BCUT2D eigenvalue weighted by atomic mass is 10.1. The van der Waals surface area contributed by atoms with Crippen LogP contribution in [0, 0.1) is 0 Å². The monoisotopic (exact) mass is 432 g/mol. The van der Waals surface area contributed by atoms with Crippen LogP contribution >= 0.6 is 0 Å². The molecular weight excluding hydrogens is 409 g/mol. The normalized spacial score (nSPS) is 11.3. The molecular formula is C22H23F3N4O2. The molecule has 0 unspecified atom stereocenters. The van der Waals surface area contributed by atoms with Crippen LogP contribution in [0.4, 0.5) is 23.8 Å². The van der Waals surface area contributed by atoms with E-state index in [0.717, 1.165) is 22.3 Å². The molecule has 6 nitrogen and oxygen atoms in total. The van der Waals surface area contributed by atoms with Crippen LogP contribution in [0.1, 0.15) is 11.1 Å². The SMILES string of the molecule is O=C(NCCNc1ccc2ccccc2n1)NCc1ccc(COCC(F)(F)F)cc1. The van der Waals surface area contributed by atoms with Crippen molar-refractivity contribution in [1.82, 2.24) is 15.6 Å². The summed E-state index contributed by atoms with van der Waals surface area (Å²) >= 11 is 0. The van der Waals surface area contributed by atoms with Gasteiger partial charge in [-0.05, 0) is 29.3 Å². The Balaban J connectivity index is 1.32. The lowest BCUT2D eigenvalue weighted by molar-refractivity contribution is -0.176. The highest BCUT2D eigenvalue weighted by molar-refractivity contribution is 5.80. The molecule has 0 saturated carbocycles. The van der Waals surface area contributed by atoms with Gasteiger partial charge in [-0.1, -0.05) is 42.5 Å². The Labute approximate surface area is 177 Å². The Morgan fingerprint density at radius 3 is 2.42 bits per heavy atom. The average Bonchev–Trinajstić information content (AvgIpc) is 2.75. The van der Waals surface area contributed by atoms with Crippen LogP contribution in [-0.2, 0) is 17.9 Å². The summed E-state index contributed by atoms with van der Waals surface area (Å²) in [6.45, 7) is -0.161. The number of alkyl halides is 3. The number of aromatic nitrogens is 1. The number of rotatable bonds is 9. The van der Waals surface area contributed by atoms with Crippen LogP contribution in [0.15, 0.2) is 60.7 Å². The number of benzene rings is 2. The highest BCUT2D eigenvalue weighted by Gasteiger charge is 2.27. The second-order valence-corrected chi connectivity index (χ2v) is 6.85. The van der Waals surface area contributed by atoms with Crippen molar-refractivity contribution in [3.05, 3.63) is 71.8 Å². The number of nitrogens with one attached hydrogen (secondary N) is 3. The number of ether oxygens (including phenoxy) is 1. The van der Waals surface area contributed by atoms with E-state index in [1.165, 1.54) is 0 Å². The standard InChI is InChI=1S/C22H23F3N4O2/c23-22(24,25)15-31-14-17-7-5-16(6-8-17)13-28-21(30)27-12-11-26-20-10-9-18-3-1-2-4-19(18)29-20/h1-10H,11-15H2,(H,26,29)(H2,27,28,30). The van der Waals surface area contributed by atoms with Crippen molar-refractivity contribution in [3.8, 4) is 0 Å². The number of para-hydroxylation sites is 1. The lowest BCUT2D eigenvalue weighted by Gasteiger charge is -2.10. The Hall–Kier alpha value is -3.33. The van der Waals surface area contributed by atoms with Gasteiger partial charge in [0.05, 0.1) is 12.1 Å². The van der Waals surface area contributed by atoms with Gasteiger partial charge >= 0.3 is 12.2 Å². The van der Waals surface area contributed by atoms with Gasteiger partial charge < -0.3 is 20.7 Å². The number of amides is 2. The molecule has 31 heavy (non-hydrogen) atoms. The van der Waals surface area contributed by atoms with Gasteiger partial charge in [-0.3, -0.25) is 0 Å². The number of carbonyl (C=O) groups excluding carboxylic acids is 1. The maximum atomic E-state index is 12.1. The van der Waals surface area contributed by atoms with E-state index >= 15 is 0 Å². The zero-order valence-corrected chi connectivity index (χ0v) is 16.7. The second kappa shape index (κ2) is 10.6. The Morgan fingerprint density at radius 1 is 0.903 bits per heavy atom. The summed E-state index contributed by atoms with van der Waals surface area (Å²) < 4.78 is 40.8. The van der Waals surface area contributed by atoms with Crippen molar-refractivity contribution in [2.45, 2.75) is 19.3 Å². The van der Waals surface area contributed by atoms with Crippen LogP contribution in [-0.4, -0.2) is 36.9 Å². The van der Waals surface area contributed by atoms with Gasteiger partial charge in [0.2, 0.25) is 0 Å². The summed E-state index contributed by atoms with van der Waals surface area (Å²) in [5, 5.41) is 9.70. The van der Waals surface area contributed by atoms with Crippen LogP contribution < -0.4 is 16.0 Å². The van der Waals surface area contributed by atoms with Gasteiger partial charge in [-0.2, -0.15) is 13.2 Å². The predicted octanol–water partition coefficient (Wildman–Crippen LogP) is 4.23. The fourth-order valence-corrected chi connectivity index (χ4v) is 2.81. The fourth-order valence-electron chi connectivity index (χ4n) is 2.81. The first-order valence-electron chi connectivity index (χ1n) is 9.73. The quantitative estimate of drug-likeness (QED) is 0.443. The van der Waals surface area contributed by atoms with Crippen LogP contribution in [0.3, 0.4) is 0 Å². The number of pyridine rings is 1. The van der Waals surface area contributed by atoms with Gasteiger partial charge in [0, 0.05) is 25.0 Å². The van der Waals surface area contributed by atoms with Crippen LogP contribution in [0.25, 0.3) is 10.9 Å². The molecule has 9 heteroatoms. The minimum absolute atomic E-state index is 0.118. The molecule has 164 valence electrons. The minimum Gasteiger partial charge on any atom is -0.368 e. The maximum Gasteiger partial charge on any atom is 0.411 e. The predicted molar refractivity (Wildman–Crippen MR) is 113 cm³/mol. The number of hydrogen-bond donors (Lipinski definition) is 3. The molecule has 3 N–H and O–H groups in total. The van der Waals surface area contributed by atoms with Crippen LogP contribution in [0.2, 0.25) is 0 Å². The molecule has 1 heterocycles. The Kier molecular flexibility index (Phi) is 7.66. The molecule has 3 rings (SSSR count). The van der Waals surface area contributed by atoms with E-state index in [1.807, 2.05) is 36.4 Å². The Morgan fingerprint density at radius 2 is 1.65 bits per heavy atom. The molecule has 0 fully saturated rings. The van der Waals surface area contributed by atoms with Gasteiger partial charge in [0.15, 0.2) is 0 Å². The molecule has 0 atom stereocenters. The van der Waals surface area contributed by atoms with Crippen molar-refractivity contribution < 1.29 is 22.7 Å². The third-order valence-electron chi connectivity index (χ3n) is 4.33. The average molecular weight is 432 g/mol. The maximum absolute atomic E-state index is 12.1. The van der Waals surface area contributed by atoms with Crippen molar-refractivity contribution >= 4 is 22.8 Å². The van der Waals surface area contributed by atoms with Gasteiger partial charge in [-0.15, -0.1) is 0 Å². The fraction of sp³-hybridized carbons (Fsp3) is 0.273. The molecule has 2 aromatic carbocycles. The number of hydrogen-bond acceptors (Lipinski definition) is 4. The molecule has 3 aromatic rings. The molecule has 0 radical (unpaired) electrons. The third-order valence-corrected chi connectivity index (χ3v) is 4.33. The topological polar surface area (TPSA) is 75.3 Å². The van der Waals surface area contributed by atoms with E-state index in [4.69, 9.17) is 0 Å². The van der Waals surface area contributed by atoms with E-state index in [0.29, 0.717) is 25.2 Å². The first-order chi connectivity index (χ1) is 14.9. The van der Waals surface area contributed by atoms with Gasteiger partial charge in [0.25, 0.3) is 0 Å². The first-order valence-corrected chi connectivity index (χ1v) is 9.73. The van der Waals surface area contributed by atoms with E-state index in [1.54, 1.807) is 24.3 Å². The largest absolute Gasteiger partial charge is 0.411 e. The van der Waals surface area contributed by atoms with Gasteiger partial charge in [-0.25, -0.2) is 9.78 Å². The number of halogens is 3. The van der Waals surface area contributed by atoms with Crippen molar-refractivity contribution in [1.29, 1.82) is 0 Å². The van der Waals surface area contributed by atoms with Crippen molar-refractivity contribution in [3.63, 3.8) is 0 Å². The second-order valence-electron chi connectivity index (χ2n) is 6.85. The summed E-state index contributed by atoms with van der Waals surface area (Å²) in [7, 11) is 0. The highest BCUT2D eigenvalue weighted by atomic mass is 19.4. The number of carbonyl (C=O) groups is 1. The molecule has 0 aliphatic rings. The Bertz CT molecular complexity index is 994. The van der Waals surface area contributed by atoms with Gasteiger partial charge in [0.1, 0.15) is 12.4 Å².